The predicted octanol–water partition coefficient (Wildman–Crippen LogP) is 2.85. The summed E-state index contributed by atoms with van der Waals surface area (Å²) in [7, 11) is 0. The minimum atomic E-state index is 0.222. The number of rotatable bonds is 4. The highest BCUT2D eigenvalue weighted by molar-refractivity contribution is 5.08. The van der Waals surface area contributed by atoms with Crippen molar-refractivity contribution in [2.24, 2.45) is 5.92 Å². The van der Waals surface area contributed by atoms with E-state index in [1.54, 1.807) is 0 Å². The van der Waals surface area contributed by atoms with Gasteiger partial charge in [0.1, 0.15) is 0 Å². The van der Waals surface area contributed by atoms with E-state index in [1.165, 1.54) is 25.2 Å². The summed E-state index contributed by atoms with van der Waals surface area (Å²) in [5.74, 6) is 0.769. The molecule has 0 spiro atoms. The summed E-state index contributed by atoms with van der Waals surface area (Å²) in [5.41, 5.74) is 1.41. The van der Waals surface area contributed by atoms with Crippen LogP contribution in [0.25, 0.3) is 0 Å². The SMILES string of the molecule is CC(c1ccccn1)N1CCC(CNC(C)(C)C)C1. The average Bonchev–Trinajstić information content (AvgIpc) is 2.84. The van der Waals surface area contributed by atoms with Gasteiger partial charge in [-0.1, -0.05) is 6.07 Å². The van der Waals surface area contributed by atoms with E-state index < -0.39 is 0 Å². The van der Waals surface area contributed by atoms with Gasteiger partial charge in [0.2, 0.25) is 0 Å². The Morgan fingerprint density at radius 3 is 2.84 bits per heavy atom. The number of nitrogens with one attached hydrogen (secondary N) is 1. The first-order valence-electron chi connectivity index (χ1n) is 7.36. The summed E-state index contributed by atoms with van der Waals surface area (Å²) < 4.78 is 0. The monoisotopic (exact) mass is 261 g/mol. The largest absolute Gasteiger partial charge is 0.312 e. The van der Waals surface area contributed by atoms with Gasteiger partial charge < -0.3 is 5.32 Å². The molecule has 106 valence electrons. The second-order valence-electron chi connectivity index (χ2n) is 6.71. The van der Waals surface area contributed by atoms with Crippen LogP contribution >= 0.6 is 0 Å². The Hall–Kier alpha value is -0.930. The van der Waals surface area contributed by atoms with E-state index in [9.17, 15) is 0 Å². The number of pyridine rings is 1. The Labute approximate surface area is 117 Å². The molecule has 2 heterocycles. The molecule has 0 bridgehead atoms. The molecule has 0 saturated carbocycles. The predicted molar refractivity (Wildman–Crippen MR) is 80.1 cm³/mol. The molecule has 1 aromatic rings. The number of hydrogen-bond donors (Lipinski definition) is 1. The van der Waals surface area contributed by atoms with Crippen LogP contribution in [0.4, 0.5) is 0 Å². The van der Waals surface area contributed by atoms with Crippen molar-refractivity contribution in [2.75, 3.05) is 19.6 Å². The molecule has 19 heavy (non-hydrogen) atoms. The van der Waals surface area contributed by atoms with E-state index in [4.69, 9.17) is 0 Å². The lowest BCUT2D eigenvalue weighted by molar-refractivity contribution is 0.244. The molecule has 1 fully saturated rings. The number of likely N-dealkylation sites (tertiary alicyclic amines) is 1. The van der Waals surface area contributed by atoms with Crippen molar-refractivity contribution in [2.45, 2.75) is 45.7 Å². The number of aromatic nitrogens is 1. The van der Waals surface area contributed by atoms with Crippen LogP contribution in [0.3, 0.4) is 0 Å². The zero-order valence-electron chi connectivity index (χ0n) is 12.7. The third kappa shape index (κ3) is 4.29. The van der Waals surface area contributed by atoms with Crippen LogP contribution in [-0.2, 0) is 0 Å². The Kier molecular flexibility index (Phi) is 4.58. The fourth-order valence-corrected chi connectivity index (χ4v) is 2.64. The summed E-state index contributed by atoms with van der Waals surface area (Å²) in [6.07, 6.45) is 3.18. The molecule has 0 amide bonds. The first kappa shape index (κ1) is 14.5. The lowest BCUT2D eigenvalue weighted by atomic mass is 10.1. The molecule has 3 nitrogen and oxygen atoms in total. The average molecular weight is 261 g/mol. The summed E-state index contributed by atoms with van der Waals surface area (Å²) in [6.45, 7) is 12.5. The second kappa shape index (κ2) is 6.02. The van der Waals surface area contributed by atoms with Crippen LogP contribution < -0.4 is 5.32 Å². The van der Waals surface area contributed by atoms with Crippen molar-refractivity contribution in [3.63, 3.8) is 0 Å². The van der Waals surface area contributed by atoms with Gasteiger partial charge in [0, 0.05) is 24.3 Å². The van der Waals surface area contributed by atoms with Crippen molar-refractivity contribution < 1.29 is 0 Å². The topological polar surface area (TPSA) is 28.2 Å². The maximum atomic E-state index is 4.48. The van der Waals surface area contributed by atoms with Crippen LogP contribution in [0, 0.1) is 5.92 Å². The minimum Gasteiger partial charge on any atom is -0.312 e. The van der Waals surface area contributed by atoms with Gasteiger partial charge in [-0.3, -0.25) is 9.88 Å². The third-order valence-corrected chi connectivity index (χ3v) is 3.90. The number of hydrogen-bond acceptors (Lipinski definition) is 3. The summed E-state index contributed by atoms with van der Waals surface area (Å²) in [6, 6.07) is 6.62. The second-order valence-corrected chi connectivity index (χ2v) is 6.71. The van der Waals surface area contributed by atoms with Crippen molar-refractivity contribution >= 4 is 0 Å². The lowest BCUT2D eigenvalue weighted by Crippen LogP contribution is -2.39. The molecular weight excluding hydrogens is 234 g/mol. The third-order valence-electron chi connectivity index (χ3n) is 3.90. The van der Waals surface area contributed by atoms with Gasteiger partial charge in [0.15, 0.2) is 0 Å². The van der Waals surface area contributed by atoms with E-state index in [1.807, 2.05) is 12.3 Å². The summed E-state index contributed by atoms with van der Waals surface area (Å²) >= 11 is 0. The molecule has 2 unspecified atom stereocenters. The van der Waals surface area contributed by atoms with Gasteiger partial charge >= 0.3 is 0 Å². The first-order valence-corrected chi connectivity index (χ1v) is 7.36. The van der Waals surface area contributed by atoms with Gasteiger partial charge in [-0.05, 0) is 65.3 Å². The van der Waals surface area contributed by atoms with Gasteiger partial charge in [-0.2, -0.15) is 0 Å². The highest BCUT2D eigenvalue weighted by atomic mass is 15.2. The normalized spacial score (nSPS) is 22.6. The van der Waals surface area contributed by atoms with E-state index in [0.717, 1.165) is 12.5 Å². The molecule has 2 rings (SSSR count). The first-order chi connectivity index (χ1) is 8.96. The molecule has 1 N–H and O–H groups in total. The standard InChI is InChI=1S/C16H27N3/c1-13(15-7-5-6-9-17-15)19-10-8-14(12-19)11-18-16(2,3)4/h5-7,9,13-14,18H,8,10-12H2,1-4H3. The smallest absolute Gasteiger partial charge is 0.0572 e. The van der Waals surface area contributed by atoms with E-state index in [2.05, 4.69) is 55.0 Å². The van der Waals surface area contributed by atoms with Crippen LogP contribution in [-0.4, -0.2) is 35.1 Å². The maximum Gasteiger partial charge on any atom is 0.0572 e. The molecule has 1 aliphatic rings. The Balaban J connectivity index is 1.85. The molecule has 1 aromatic heterocycles. The molecule has 1 aliphatic heterocycles. The van der Waals surface area contributed by atoms with Crippen molar-refractivity contribution in [3.05, 3.63) is 30.1 Å². The van der Waals surface area contributed by atoms with E-state index >= 15 is 0 Å². The zero-order chi connectivity index (χ0) is 13.9. The van der Waals surface area contributed by atoms with Gasteiger partial charge in [-0.25, -0.2) is 0 Å². The van der Waals surface area contributed by atoms with Crippen LogP contribution in [0.2, 0.25) is 0 Å². The molecule has 1 saturated heterocycles. The fraction of sp³-hybridized carbons (Fsp3) is 0.688. The molecule has 0 aromatic carbocycles. The Morgan fingerprint density at radius 2 is 2.21 bits per heavy atom. The Morgan fingerprint density at radius 1 is 1.42 bits per heavy atom. The van der Waals surface area contributed by atoms with Crippen molar-refractivity contribution in [1.29, 1.82) is 0 Å². The number of nitrogens with zero attached hydrogens (tertiary/aromatic N) is 2. The fourth-order valence-electron chi connectivity index (χ4n) is 2.64. The van der Waals surface area contributed by atoms with E-state index in [-0.39, 0.29) is 5.54 Å². The molecule has 0 radical (unpaired) electrons. The molecule has 2 atom stereocenters. The highest BCUT2D eigenvalue weighted by Crippen LogP contribution is 2.26. The molecule has 0 aliphatic carbocycles. The minimum absolute atomic E-state index is 0.222. The molecular formula is C16H27N3. The summed E-state index contributed by atoms with van der Waals surface area (Å²) in [5, 5.41) is 3.62. The summed E-state index contributed by atoms with van der Waals surface area (Å²) in [4.78, 5) is 7.03. The molecule has 3 heteroatoms. The lowest BCUT2D eigenvalue weighted by Gasteiger charge is -2.25. The van der Waals surface area contributed by atoms with E-state index in [0.29, 0.717) is 6.04 Å². The highest BCUT2D eigenvalue weighted by Gasteiger charge is 2.27. The quantitative estimate of drug-likeness (QED) is 0.903. The van der Waals surface area contributed by atoms with Crippen molar-refractivity contribution in [3.8, 4) is 0 Å². The van der Waals surface area contributed by atoms with Gasteiger partial charge in [0.25, 0.3) is 0 Å². The van der Waals surface area contributed by atoms with Gasteiger partial charge in [-0.15, -0.1) is 0 Å². The van der Waals surface area contributed by atoms with Crippen LogP contribution in [0.5, 0.6) is 0 Å². The Bertz CT molecular complexity index is 383. The van der Waals surface area contributed by atoms with Gasteiger partial charge in [0.05, 0.1) is 5.69 Å². The zero-order valence-corrected chi connectivity index (χ0v) is 12.7. The van der Waals surface area contributed by atoms with Crippen molar-refractivity contribution in [1.82, 2.24) is 15.2 Å². The van der Waals surface area contributed by atoms with Crippen LogP contribution in [0.1, 0.15) is 45.9 Å². The van der Waals surface area contributed by atoms with Crippen LogP contribution in [0.15, 0.2) is 24.4 Å². The maximum absolute atomic E-state index is 4.48.